The molecule has 0 bridgehead atoms. The lowest BCUT2D eigenvalue weighted by Crippen LogP contribution is -2.09. The number of esters is 1. The predicted octanol–water partition coefficient (Wildman–Crippen LogP) is 3.43. The Bertz CT molecular complexity index is 368. The molecule has 0 aliphatic heterocycles. The third-order valence-electron chi connectivity index (χ3n) is 1.76. The predicted molar refractivity (Wildman–Crippen MR) is 65.9 cm³/mol. The molecule has 0 N–H and O–H groups in total. The van der Waals surface area contributed by atoms with Crippen molar-refractivity contribution in [3.63, 3.8) is 0 Å². The fraction of sp³-hybridized carbons (Fsp3) is 0.364. The second kappa shape index (κ2) is 6.76. The highest BCUT2D eigenvalue weighted by Crippen LogP contribution is 2.27. The zero-order chi connectivity index (χ0) is 12.0. The smallest absolute Gasteiger partial charge is 0.309 e. The van der Waals surface area contributed by atoms with Crippen molar-refractivity contribution in [1.29, 1.82) is 0 Å². The van der Waals surface area contributed by atoms with Gasteiger partial charge in [-0.2, -0.15) is 0 Å². The summed E-state index contributed by atoms with van der Waals surface area (Å²) in [6.07, 6.45) is 0.222. The lowest BCUT2D eigenvalue weighted by molar-refractivity contribution is -0.143. The fourth-order valence-corrected chi connectivity index (χ4v) is 1.80. The molecule has 0 radical (unpaired) electrons. The van der Waals surface area contributed by atoms with E-state index in [4.69, 9.17) is 21.1 Å². The molecule has 0 heterocycles. The van der Waals surface area contributed by atoms with Gasteiger partial charge in [-0.05, 0) is 25.1 Å². The van der Waals surface area contributed by atoms with Gasteiger partial charge in [0.25, 0.3) is 0 Å². The summed E-state index contributed by atoms with van der Waals surface area (Å²) < 4.78 is 11.0. The molecule has 0 atom stereocenters. The van der Waals surface area contributed by atoms with Crippen LogP contribution in [0.15, 0.2) is 22.7 Å². The lowest BCUT2D eigenvalue weighted by Gasteiger charge is -2.07. The molecule has 5 heteroatoms. The summed E-state index contributed by atoms with van der Waals surface area (Å²) in [4.78, 5) is 11.0. The van der Waals surface area contributed by atoms with E-state index in [1.807, 2.05) is 6.07 Å². The van der Waals surface area contributed by atoms with Crippen LogP contribution in [0.25, 0.3) is 0 Å². The molecule has 0 fully saturated rings. The van der Waals surface area contributed by atoms with Gasteiger partial charge in [-0.1, -0.05) is 27.5 Å². The number of carbonyl (C=O) groups is 1. The van der Waals surface area contributed by atoms with Gasteiger partial charge < -0.3 is 9.47 Å². The molecule has 0 aliphatic carbocycles. The molecule has 0 saturated carbocycles. The van der Waals surface area contributed by atoms with E-state index in [1.54, 1.807) is 19.1 Å². The van der Waals surface area contributed by atoms with Crippen LogP contribution in [0.3, 0.4) is 0 Å². The minimum absolute atomic E-state index is 0.222. The molecule has 0 spiro atoms. The summed E-state index contributed by atoms with van der Waals surface area (Å²) in [7, 11) is 0. The largest absolute Gasteiger partial charge is 0.491 e. The number of hydrogen-bond acceptors (Lipinski definition) is 3. The van der Waals surface area contributed by atoms with Crippen LogP contribution < -0.4 is 4.74 Å². The molecule has 0 amide bonds. The first-order valence-corrected chi connectivity index (χ1v) is 6.04. The Kier molecular flexibility index (Phi) is 5.63. The summed E-state index contributed by atoms with van der Waals surface area (Å²) in [5, 5.41) is 0.512. The molecule has 0 aromatic heterocycles. The highest BCUT2D eigenvalue weighted by atomic mass is 79.9. The van der Waals surface area contributed by atoms with Crippen molar-refractivity contribution in [2.75, 3.05) is 13.2 Å². The van der Waals surface area contributed by atoms with E-state index in [-0.39, 0.29) is 19.0 Å². The Balaban J connectivity index is 2.40. The Hall–Kier alpha value is -0.740. The van der Waals surface area contributed by atoms with E-state index in [1.165, 1.54) is 0 Å². The van der Waals surface area contributed by atoms with Crippen LogP contribution in [0, 0.1) is 0 Å². The van der Waals surface area contributed by atoms with Crippen molar-refractivity contribution < 1.29 is 14.3 Å². The molecule has 16 heavy (non-hydrogen) atoms. The zero-order valence-corrected chi connectivity index (χ0v) is 11.2. The van der Waals surface area contributed by atoms with Crippen molar-refractivity contribution >= 4 is 33.5 Å². The van der Waals surface area contributed by atoms with E-state index < -0.39 is 0 Å². The molecule has 1 aromatic rings. The molecular formula is C11H12BrClO3. The molecule has 0 saturated heterocycles. The highest BCUT2D eigenvalue weighted by molar-refractivity contribution is 9.10. The second-order valence-electron chi connectivity index (χ2n) is 2.98. The summed E-state index contributed by atoms with van der Waals surface area (Å²) in [5.74, 6) is 0.296. The molecule has 0 aliphatic rings. The highest BCUT2D eigenvalue weighted by Gasteiger charge is 2.05. The summed E-state index contributed by atoms with van der Waals surface area (Å²) >= 11 is 9.23. The van der Waals surface area contributed by atoms with Crippen molar-refractivity contribution in [2.24, 2.45) is 0 Å². The Morgan fingerprint density at radius 3 is 2.88 bits per heavy atom. The quantitative estimate of drug-likeness (QED) is 0.782. The van der Waals surface area contributed by atoms with E-state index in [0.717, 1.165) is 4.47 Å². The van der Waals surface area contributed by atoms with Crippen LogP contribution in [-0.2, 0) is 9.53 Å². The Morgan fingerprint density at radius 2 is 2.25 bits per heavy atom. The normalized spacial score (nSPS) is 9.94. The van der Waals surface area contributed by atoms with Gasteiger partial charge in [0.15, 0.2) is 0 Å². The van der Waals surface area contributed by atoms with Gasteiger partial charge in [0.2, 0.25) is 0 Å². The number of hydrogen-bond donors (Lipinski definition) is 0. The minimum Gasteiger partial charge on any atom is -0.491 e. The maximum Gasteiger partial charge on any atom is 0.309 e. The van der Waals surface area contributed by atoms with Gasteiger partial charge >= 0.3 is 5.97 Å². The van der Waals surface area contributed by atoms with E-state index in [0.29, 0.717) is 17.4 Å². The monoisotopic (exact) mass is 306 g/mol. The second-order valence-corrected chi connectivity index (χ2v) is 4.30. The standard InChI is InChI=1S/C11H12BrClO3/c1-2-15-11(14)5-6-16-10-4-3-8(12)7-9(10)13/h3-4,7H,2,5-6H2,1H3. The maximum atomic E-state index is 11.0. The first kappa shape index (κ1) is 13.3. The molecule has 0 unspecified atom stereocenters. The molecule has 3 nitrogen and oxygen atoms in total. The van der Waals surface area contributed by atoms with Gasteiger partial charge in [0, 0.05) is 4.47 Å². The number of halogens is 2. The van der Waals surface area contributed by atoms with Crippen LogP contribution in [-0.4, -0.2) is 19.2 Å². The van der Waals surface area contributed by atoms with Gasteiger partial charge in [-0.15, -0.1) is 0 Å². The van der Waals surface area contributed by atoms with E-state index in [9.17, 15) is 4.79 Å². The van der Waals surface area contributed by atoms with Crippen molar-refractivity contribution in [3.05, 3.63) is 27.7 Å². The maximum absolute atomic E-state index is 11.0. The lowest BCUT2D eigenvalue weighted by atomic mass is 10.3. The fourth-order valence-electron chi connectivity index (χ4n) is 1.07. The number of carbonyl (C=O) groups excluding carboxylic acids is 1. The third kappa shape index (κ3) is 4.41. The van der Waals surface area contributed by atoms with Crippen LogP contribution >= 0.6 is 27.5 Å². The molecule has 1 rings (SSSR count). The van der Waals surface area contributed by atoms with Crippen LogP contribution in [0.2, 0.25) is 5.02 Å². The third-order valence-corrected chi connectivity index (χ3v) is 2.55. The van der Waals surface area contributed by atoms with Crippen LogP contribution in [0.1, 0.15) is 13.3 Å². The number of ether oxygens (including phenoxy) is 2. The summed E-state index contributed by atoms with van der Waals surface area (Å²) in [5.41, 5.74) is 0. The van der Waals surface area contributed by atoms with Crippen LogP contribution in [0.5, 0.6) is 5.75 Å². The first-order valence-electron chi connectivity index (χ1n) is 4.87. The Morgan fingerprint density at radius 1 is 1.50 bits per heavy atom. The summed E-state index contributed by atoms with van der Waals surface area (Å²) in [6, 6.07) is 5.31. The van der Waals surface area contributed by atoms with Crippen LogP contribution in [0.4, 0.5) is 0 Å². The summed E-state index contributed by atoms with van der Waals surface area (Å²) in [6.45, 7) is 2.42. The molecule has 1 aromatic carbocycles. The SMILES string of the molecule is CCOC(=O)CCOc1ccc(Br)cc1Cl. The zero-order valence-electron chi connectivity index (χ0n) is 8.83. The Labute approximate surface area is 108 Å². The van der Waals surface area contributed by atoms with Gasteiger partial charge in [-0.25, -0.2) is 0 Å². The molecule has 88 valence electrons. The van der Waals surface area contributed by atoms with Crippen molar-refractivity contribution in [1.82, 2.24) is 0 Å². The molecular weight excluding hydrogens is 295 g/mol. The van der Waals surface area contributed by atoms with Gasteiger partial charge in [0.1, 0.15) is 5.75 Å². The van der Waals surface area contributed by atoms with Gasteiger partial charge in [-0.3, -0.25) is 4.79 Å². The van der Waals surface area contributed by atoms with Crippen molar-refractivity contribution in [2.45, 2.75) is 13.3 Å². The van der Waals surface area contributed by atoms with E-state index in [2.05, 4.69) is 15.9 Å². The van der Waals surface area contributed by atoms with E-state index >= 15 is 0 Å². The average molecular weight is 308 g/mol. The average Bonchev–Trinajstić information content (AvgIpc) is 2.22. The number of benzene rings is 1. The topological polar surface area (TPSA) is 35.5 Å². The minimum atomic E-state index is -0.268. The number of rotatable bonds is 5. The van der Waals surface area contributed by atoms with Crippen molar-refractivity contribution in [3.8, 4) is 5.75 Å². The van der Waals surface area contributed by atoms with Gasteiger partial charge in [0.05, 0.1) is 24.7 Å². The first-order chi connectivity index (χ1) is 7.63.